The van der Waals surface area contributed by atoms with E-state index in [1.165, 1.54) is 0 Å². The molecule has 1 rings (SSSR count). The molecule has 0 amide bonds. The summed E-state index contributed by atoms with van der Waals surface area (Å²) in [5.74, 6) is 0. The number of aromatic nitrogens is 1. The highest BCUT2D eigenvalue weighted by atomic mass is 32.1. The van der Waals surface area contributed by atoms with Crippen LogP contribution in [-0.2, 0) is 0 Å². The molecule has 1 aromatic rings. The van der Waals surface area contributed by atoms with Crippen molar-refractivity contribution in [2.24, 2.45) is 5.73 Å². The molecule has 0 aliphatic heterocycles. The van der Waals surface area contributed by atoms with Crippen LogP contribution in [0, 0.1) is 11.3 Å². The molecule has 0 fully saturated rings. The zero-order valence-corrected chi connectivity index (χ0v) is 7.06. The van der Waals surface area contributed by atoms with Crippen molar-refractivity contribution < 1.29 is 0 Å². The van der Waals surface area contributed by atoms with Crippen molar-refractivity contribution in [3.63, 3.8) is 0 Å². The number of rotatable bonds is 2. The van der Waals surface area contributed by atoms with Crippen LogP contribution in [-0.4, -0.2) is 9.97 Å². The maximum Gasteiger partial charge on any atom is 0.114 e. The van der Waals surface area contributed by atoms with Crippen molar-refractivity contribution in [1.29, 1.82) is 5.26 Å². The minimum atomic E-state index is 0.118. The molecular formula is C8H7N3S. The van der Waals surface area contributed by atoms with Crippen LogP contribution in [0.4, 0.5) is 0 Å². The Balaban J connectivity index is 2.95. The van der Waals surface area contributed by atoms with Gasteiger partial charge in [0.2, 0.25) is 0 Å². The van der Waals surface area contributed by atoms with E-state index in [1.807, 2.05) is 18.2 Å². The largest absolute Gasteiger partial charge is 0.389 e. The number of H-pyrrole nitrogens is 1. The van der Waals surface area contributed by atoms with Crippen LogP contribution in [0.25, 0.3) is 6.08 Å². The van der Waals surface area contributed by atoms with Crippen LogP contribution in [0.5, 0.6) is 0 Å². The van der Waals surface area contributed by atoms with Gasteiger partial charge in [0.25, 0.3) is 0 Å². The Morgan fingerprint density at radius 2 is 2.50 bits per heavy atom. The predicted molar refractivity (Wildman–Crippen MR) is 51.2 cm³/mol. The normalized spacial score (nSPS) is 10.8. The molecule has 3 nitrogen and oxygen atoms in total. The van der Waals surface area contributed by atoms with Crippen LogP contribution in [0.2, 0.25) is 0 Å². The van der Waals surface area contributed by atoms with E-state index in [0.29, 0.717) is 5.57 Å². The number of nitrogens with two attached hydrogens (primary N) is 1. The zero-order chi connectivity index (χ0) is 8.97. The fourth-order valence-corrected chi connectivity index (χ4v) is 0.853. The molecule has 1 heterocycles. The van der Waals surface area contributed by atoms with Crippen molar-refractivity contribution in [3.05, 3.63) is 29.6 Å². The predicted octanol–water partition coefficient (Wildman–Crippen LogP) is 1.21. The Morgan fingerprint density at radius 1 is 1.75 bits per heavy atom. The molecule has 3 N–H and O–H groups in total. The van der Waals surface area contributed by atoms with Gasteiger partial charge in [-0.1, -0.05) is 12.2 Å². The Morgan fingerprint density at radius 3 is 2.92 bits per heavy atom. The Bertz CT molecular complexity index is 343. The second-order valence-corrected chi connectivity index (χ2v) is 2.60. The lowest BCUT2D eigenvalue weighted by atomic mass is 10.2. The summed E-state index contributed by atoms with van der Waals surface area (Å²) in [6.45, 7) is 0. The van der Waals surface area contributed by atoms with Gasteiger partial charge in [0.1, 0.15) is 11.1 Å². The summed E-state index contributed by atoms with van der Waals surface area (Å²) < 4.78 is 0. The lowest BCUT2D eigenvalue weighted by Gasteiger charge is -1.91. The Hall–Kier alpha value is -1.60. The third kappa shape index (κ3) is 1.94. The number of thiocarbonyl (C=S) groups is 1. The molecule has 0 aliphatic rings. The first kappa shape index (κ1) is 8.50. The Kier molecular flexibility index (Phi) is 2.62. The molecule has 60 valence electrons. The first-order chi connectivity index (χ1) is 5.74. The number of nitrogens with zero attached hydrogens (tertiary/aromatic N) is 1. The molecular weight excluding hydrogens is 170 g/mol. The van der Waals surface area contributed by atoms with E-state index >= 15 is 0 Å². The van der Waals surface area contributed by atoms with Crippen LogP contribution in [0.3, 0.4) is 0 Å². The lowest BCUT2D eigenvalue weighted by Crippen LogP contribution is -2.09. The molecule has 0 aromatic carbocycles. The molecule has 0 saturated carbocycles. The number of nitrogens with one attached hydrogen (secondary N) is 1. The second kappa shape index (κ2) is 3.69. The maximum atomic E-state index is 8.60. The van der Waals surface area contributed by atoms with Crippen molar-refractivity contribution in [3.8, 4) is 6.07 Å². The summed E-state index contributed by atoms with van der Waals surface area (Å²) in [6, 6.07) is 5.58. The van der Waals surface area contributed by atoms with Crippen molar-refractivity contribution in [2.75, 3.05) is 0 Å². The van der Waals surface area contributed by atoms with Crippen molar-refractivity contribution in [2.45, 2.75) is 0 Å². The molecule has 0 spiro atoms. The summed E-state index contributed by atoms with van der Waals surface area (Å²) in [5.41, 5.74) is 6.42. The highest BCUT2D eigenvalue weighted by Gasteiger charge is 1.98. The molecule has 0 unspecified atom stereocenters. The van der Waals surface area contributed by atoms with E-state index in [4.69, 9.17) is 11.0 Å². The van der Waals surface area contributed by atoms with Crippen LogP contribution >= 0.6 is 12.2 Å². The van der Waals surface area contributed by atoms with Gasteiger partial charge in [-0.3, -0.25) is 0 Å². The lowest BCUT2D eigenvalue weighted by molar-refractivity contribution is 1.37. The summed E-state index contributed by atoms with van der Waals surface area (Å²) in [6.07, 6.45) is 3.38. The van der Waals surface area contributed by atoms with Gasteiger partial charge >= 0.3 is 0 Å². The fourth-order valence-electron chi connectivity index (χ4n) is 0.748. The third-order valence-electron chi connectivity index (χ3n) is 1.31. The van der Waals surface area contributed by atoms with Gasteiger partial charge in [-0.05, 0) is 18.2 Å². The van der Waals surface area contributed by atoms with E-state index in [0.717, 1.165) is 5.69 Å². The number of hydrogen-bond donors (Lipinski definition) is 2. The van der Waals surface area contributed by atoms with Crippen LogP contribution in [0.1, 0.15) is 5.69 Å². The molecule has 0 atom stereocenters. The van der Waals surface area contributed by atoms with Crippen molar-refractivity contribution >= 4 is 23.3 Å². The van der Waals surface area contributed by atoms with Crippen molar-refractivity contribution in [1.82, 2.24) is 4.98 Å². The SMILES string of the molecule is N#CC(=Cc1ccc[nH]1)C(N)=S. The summed E-state index contributed by atoms with van der Waals surface area (Å²) >= 11 is 4.66. The topological polar surface area (TPSA) is 65.6 Å². The van der Waals surface area contributed by atoms with Gasteiger partial charge in [-0.2, -0.15) is 5.26 Å². The fraction of sp³-hybridized carbons (Fsp3) is 0. The van der Waals surface area contributed by atoms with Gasteiger partial charge < -0.3 is 10.7 Å². The molecule has 4 heteroatoms. The van der Waals surface area contributed by atoms with E-state index in [1.54, 1.807) is 12.3 Å². The number of hydrogen-bond acceptors (Lipinski definition) is 2. The zero-order valence-electron chi connectivity index (χ0n) is 6.24. The first-order valence-electron chi connectivity index (χ1n) is 3.29. The number of aromatic amines is 1. The van der Waals surface area contributed by atoms with Gasteiger partial charge in [-0.15, -0.1) is 0 Å². The summed E-state index contributed by atoms with van der Waals surface area (Å²) in [7, 11) is 0. The van der Waals surface area contributed by atoms with Crippen LogP contribution in [0.15, 0.2) is 23.9 Å². The van der Waals surface area contributed by atoms with Gasteiger partial charge in [0.05, 0.1) is 5.57 Å². The average molecular weight is 177 g/mol. The molecule has 12 heavy (non-hydrogen) atoms. The smallest absolute Gasteiger partial charge is 0.114 e. The molecule has 1 aromatic heterocycles. The van der Waals surface area contributed by atoms with E-state index < -0.39 is 0 Å². The van der Waals surface area contributed by atoms with E-state index in [-0.39, 0.29) is 4.99 Å². The molecule has 0 saturated heterocycles. The monoisotopic (exact) mass is 177 g/mol. The minimum absolute atomic E-state index is 0.118. The highest BCUT2D eigenvalue weighted by molar-refractivity contribution is 7.80. The van der Waals surface area contributed by atoms with Gasteiger partial charge in [0, 0.05) is 11.9 Å². The second-order valence-electron chi connectivity index (χ2n) is 2.16. The van der Waals surface area contributed by atoms with Gasteiger partial charge in [0.15, 0.2) is 0 Å². The summed E-state index contributed by atoms with van der Waals surface area (Å²) in [5, 5.41) is 8.60. The third-order valence-corrected chi connectivity index (χ3v) is 1.53. The molecule has 0 aliphatic carbocycles. The summed E-state index contributed by atoms with van der Waals surface area (Å²) in [4.78, 5) is 3.03. The molecule has 0 bridgehead atoms. The standard InChI is InChI=1S/C8H7N3S/c9-5-6(8(10)12)4-7-2-1-3-11-7/h1-4,11H,(H2,10,12). The average Bonchev–Trinajstić information content (AvgIpc) is 2.51. The van der Waals surface area contributed by atoms with E-state index in [2.05, 4.69) is 17.2 Å². The highest BCUT2D eigenvalue weighted by Crippen LogP contribution is 2.03. The minimum Gasteiger partial charge on any atom is -0.389 e. The first-order valence-corrected chi connectivity index (χ1v) is 3.70. The quantitative estimate of drug-likeness (QED) is 0.405. The van der Waals surface area contributed by atoms with Crippen LogP contribution < -0.4 is 5.73 Å². The van der Waals surface area contributed by atoms with E-state index in [9.17, 15) is 0 Å². The Labute approximate surface area is 75.5 Å². The number of nitriles is 1. The van der Waals surface area contributed by atoms with Gasteiger partial charge in [-0.25, -0.2) is 0 Å². The molecule has 0 radical (unpaired) electrons. The maximum absolute atomic E-state index is 8.60.